The fourth-order valence-electron chi connectivity index (χ4n) is 2.23. The van der Waals surface area contributed by atoms with Crippen LogP contribution in [0, 0.1) is 0 Å². The van der Waals surface area contributed by atoms with E-state index in [1.54, 1.807) is 0 Å². The second-order valence-electron chi connectivity index (χ2n) is 4.71. The smallest absolute Gasteiger partial charge is 0.104 e. The maximum absolute atomic E-state index is 10.7. The number of ether oxygens (including phenoxy) is 1. The second-order valence-corrected chi connectivity index (χ2v) is 6.43. The van der Waals surface area contributed by atoms with E-state index in [-0.39, 0.29) is 5.60 Å². The lowest BCUT2D eigenvalue weighted by atomic mass is 9.81. The molecule has 1 aromatic heterocycles. The highest BCUT2D eigenvalue weighted by Gasteiger charge is 2.42. The molecule has 2 unspecified atom stereocenters. The molecular weight excluding hydrogens is 244 g/mol. The molecule has 0 amide bonds. The Hall–Kier alpha value is -0.0900. The quantitative estimate of drug-likeness (QED) is 0.881. The van der Waals surface area contributed by atoms with Crippen LogP contribution >= 0.6 is 22.9 Å². The van der Waals surface area contributed by atoms with E-state index in [0.717, 1.165) is 15.6 Å². The highest BCUT2D eigenvalue weighted by Crippen LogP contribution is 2.43. The summed E-state index contributed by atoms with van der Waals surface area (Å²) >= 11 is 7.39. The van der Waals surface area contributed by atoms with Crippen LogP contribution in [0.4, 0.5) is 0 Å². The van der Waals surface area contributed by atoms with E-state index < -0.39 is 5.60 Å². The predicted molar refractivity (Wildman–Crippen MR) is 67.1 cm³/mol. The highest BCUT2D eigenvalue weighted by atomic mass is 35.5. The summed E-state index contributed by atoms with van der Waals surface area (Å²) in [6.07, 6.45) is 2.21. The zero-order valence-electron chi connectivity index (χ0n) is 9.62. The molecule has 4 heteroatoms. The van der Waals surface area contributed by atoms with E-state index in [4.69, 9.17) is 16.3 Å². The molecule has 1 N–H and O–H groups in total. The monoisotopic (exact) mass is 260 g/mol. The van der Waals surface area contributed by atoms with Gasteiger partial charge in [0.1, 0.15) is 5.60 Å². The molecule has 1 aromatic rings. The molecule has 1 aliphatic heterocycles. The van der Waals surface area contributed by atoms with E-state index in [0.29, 0.717) is 19.4 Å². The lowest BCUT2D eigenvalue weighted by Gasteiger charge is -2.42. The number of halogens is 1. The van der Waals surface area contributed by atoms with Gasteiger partial charge in [-0.3, -0.25) is 0 Å². The zero-order valence-corrected chi connectivity index (χ0v) is 11.2. The molecule has 0 radical (unpaired) electrons. The van der Waals surface area contributed by atoms with Crippen LogP contribution in [0.5, 0.6) is 0 Å². The third-order valence-electron chi connectivity index (χ3n) is 3.41. The minimum atomic E-state index is -0.763. The molecule has 2 rings (SSSR count). The van der Waals surface area contributed by atoms with Gasteiger partial charge in [-0.15, -0.1) is 11.3 Å². The Morgan fingerprint density at radius 3 is 2.88 bits per heavy atom. The van der Waals surface area contributed by atoms with Gasteiger partial charge in [-0.1, -0.05) is 18.5 Å². The SMILES string of the molecule is CCC1(C)CC(O)(c2ccc(Cl)s2)CCO1. The maximum atomic E-state index is 10.7. The van der Waals surface area contributed by atoms with Crippen LogP contribution in [-0.2, 0) is 10.3 Å². The fourth-order valence-corrected chi connectivity index (χ4v) is 3.38. The highest BCUT2D eigenvalue weighted by molar-refractivity contribution is 7.16. The van der Waals surface area contributed by atoms with Crippen molar-refractivity contribution in [2.24, 2.45) is 0 Å². The molecule has 90 valence electrons. The molecule has 2 atom stereocenters. The lowest BCUT2D eigenvalue weighted by Crippen LogP contribution is -2.44. The summed E-state index contributed by atoms with van der Waals surface area (Å²) in [6, 6.07) is 3.77. The standard InChI is InChI=1S/C12H17ClO2S/c1-3-11(2)8-12(14,6-7-15-11)9-4-5-10(13)16-9/h4-5,14H,3,6-8H2,1-2H3. The van der Waals surface area contributed by atoms with Crippen LogP contribution in [0.2, 0.25) is 4.34 Å². The van der Waals surface area contributed by atoms with E-state index in [1.807, 2.05) is 12.1 Å². The normalized spacial score (nSPS) is 35.2. The molecule has 1 fully saturated rings. The van der Waals surface area contributed by atoms with Gasteiger partial charge in [0.05, 0.1) is 16.5 Å². The molecule has 16 heavy (non-hydrogen) atoms. The largest absolute Gasteiger partial charge is 0.384 e. The van der Waals surface area contributed by atoms with E-state index in [2.05, 4.69) is 13.8 Å². The molecular formula is C12H17ClO2S. The average molecular weight is 261 g/mol. The van der Waals surface area contributed by atoms with Crippen molar-refractivity contribution in [1.29, 1.82) is 0 Å². The van der Waals surface area contributed by atoms with Crippen molar-refractivity contribution < 1.29 is 9.84 Å². The second kappa shape index (κ2) is 4.30. The summed E-state index contributed by atoms with van der Waals surface area (Å²) in [5, 5.41) is 10.7. The average Bonchev–Trinajstić information content (AvgIpc) is 2.65. The minimum Gasteiger partial charge on any atom is -0.384 e. The first-order valence-electron chi connectivity index (χ1n) is 5.60. The lowest BCUT2D eigenvalue weighted by molar-refractivity contribution is -0.156. The molecule has 1 aliphatic rings. The van der Waals surface area contributed by atoms with Crippen molar-refractivity contribution >= 4 is 22.9 Å². The molecule has 2 nitrogen and oxygen atoms in total. The molecule has 1 saturated heterocycles. The van der Waals surface area contributed by atoms with Crippen LogP contribution in [0.25, 0.3) is 0 Å². The van der Waals surface area contributed by atoms with E-state index >= 15 is 0 Å². The van der Waals surface area contributed by atoms with Crippen molar-refractivity contribution in [3.63, 3.8) is 0 Å². The van der Waals surface area contributed by atoms with Gasteiger partial charge in [-0.2, -0.15) is 0 Å². The van der Waals surface area contributed by atoms with Crippen LogP contribution in [0.3, 0.4) is 0 Å². The molecule has 0 bridgehead atoms. The van der Waals surface area contributed by atoms with Crippen LogP contribution in [-0.4, -0.2) is 17.3 Å². The Bertz CT molecular complexity index is 379. The van der Waals surface area contributed by atoms with Crippen molar-refractivity contribution in [2.45, 2.75) is 44.3 Å². The van der Waals surface area contributed by atoms with Crippen molar-refractivity contribution in [2.75, 3.05) is 6.61 Å². The van der Waals surface area contributed by atoms with Crippen LogP contribution < -0.4 is 0 Å². The number of rotatable bonds is 2. The first kappa shape index (κ1) is 12.4. The molecule has 0 aliphatic carbocycles. The van der Waals surface area contributed by atoms with Crippen molar-refractivity contribution in [3.05, 3.63) is 21.3 Å². The molecule has 2 heterocycles. The maximum Gasteiger partial charge on any atom is 0.104 e. The Kier molecular flexibility index (Phi) is 3.32. The predicted octanol–water partition coefficient (Wildman–Crippen LogP) is 3.57. The fraction of sp³-hybridized carbons (Fsp3) is 0.667. The summed E-state index contributed by atoms with van der Waals surface area (Å²) < 4.78 is 6.48. The van der Waals surface area contributed by atoms with Gasteiger partial charge in [0.15, 0.2) is 0 Å². The van der Waals surface area contributed by atoms with E-state index in [9.17, 15) is 5.11 Å². The van der Waals surface area contributed by atoms with Gasteiger partial charge in [-0.25, -0.2) is 0 Å². The van der Waals surface area contributed by atoms with Crippen LogP contribution in [0.15, 0.2) is 12.1 Å². The Balaban J connectivity index is 2.25. The van der Waals surface area contributed by atoms with Crippen molar-refractivity contribution in [1.82, 2.24) is 0 Å². The van der Waals surface area contributed by atoms with Gasteiger partial charge >= 0.3 is 0 Å². The van der Waals surface area contributed by atoms with Gasteiger partial charge in [0.25, 0.3) is 0 Å². The minimum absolute atomic E-state index is 0.219. The Morgan fingerprint density at radius 2 is 2.31 bits per heavy atom. The van der Waals surface area contributed by atoms with Gasteiger partial charge < -0.3 is 9.84 Å². The number of hydrogen-bond donors (Lipinski definition) is 1. The van der Waals surface area contributed by atoms with Crippen molar-refractivity contribution in [3.8, 4) is 0 Å². The summed E-state index contributed by atoms with van der Waals surface area (Å²) in [7, 11) is 0. The molecule has 0 spiro atoms. The first-order chi connectivity index (χ1) is 7.47. The van der Waals surface area contributed by atoms with E-state index in [1.165, 1.54) is 11.3 Å². The Labute approximate surface area is 105 Å². The summed E-state index contributed by atoms with van der Waals surface area (Å²) in [5.74, 6) is 0. The topological polar surface area (TPSA) is 29.5 Å². The number of thiophene rings is 1. The number of hydrogen-bond acceptors (Lipinski definition) is 3. The summed E-state index contributed by atoms with van der Waals surface area (Å²) in [6.45, 7) is 4.76. The number of aliphatic hydroxyl groups is 1. The summed E-state index contributed by atoms with van der Waals surface area (Å²) in [4.78, 5) is 0.959. The first-order valence-corrected chi connectivity index (χ1v) is 6.79. The third kappa shape index (κ3) is 2.28. The van der Waals surface area contributed by atoms with Gasteiger partial charge in [0.2, 0.25) is 0 Å². The van der Waals surface area contributed by atoms with Crippen LogP contribution in [0.1, 0.15) is 38.0 Å². The summed E-state index contributed by atoms with van der Waals surface area (Å²) in [5.41, 5.74) is -0.982. The van der Waals surface area contributed by atoms with Gasteiger partial charge in [-0.05, 0) is 25.5 Å². The zero-order chi connectivity index (χ0) is 11.8. The van der Waals surface area contributed by atoms with Gasteiger partial charge in [0, 0.05) is 17.7 Å². The molecule has 0 saturated carbocycles. The Morgan fingerprint density at radius 1 is 1.56 bits per heavy atom. The third-order valence-corrected chi connectivity index (χ3v) is 4.84. The molecule has 0 aromatic carbocycles.